The first kappa shape index (κ1) is 35.5. The quantitative estimate of drug-likeness (QED) is 0.282. The first-order valence-corrected chi connectivity index (χ1v) is 16.8. The standard InChI is InChI=1S/C36H56N4O4/c1-8-15-28(27-16-10-9-11-17-27)23-32(41)30-19-14-21-40(30)35(43)26(6)22-31(24(2)3)39(7)36(44)33(25(4)5)38-34(42)29-18-12-13-20-37-29/h9-11,16-17,22,24-25,28-31,33,37H,8,12-15,18-21,23H2,1-7H3,(H,38,42)/b26-22+/t28?,29?,30-,31?,33?/m0/s1. The van der Waals surface area contributed by atoms with E-state index < -0.39 is 12.1 Å². The number of ketones is 1. The molecule has 3 amide bonds. The van der Waals surface area contributed by atoms with Crippen LogP contribution in [0.2, 0.25) is 0 Å². The molecular weight excluding hydrogens is 552 g/mol. The number of likely N-dealkylation sites (N-methyl/N-ethyl adjacent to an activating group) is 1. The van der Waals surface area contributed by atoms with Crippen molar-refractivity contribution in [2.24, 2.45) is 11.8 Å². The second-order valence-electron chi connectivity index (χ2n) is 13.5. The smallest absolute Gasteiger partial charge is 0.249 e. The molecule has 0 aromatic heterocycles. The molecule has 4 unspecified atom stereocenters. The Balaban J connectivity index is 1.73. The maximum Gasteiger partial charge on any atom is 0.249 e. The predicted molar refractivity (Wildman–Crippen MR) is 176 cm³/mol. The maximum absolute atomic E-state index is 13.8. The molecule has 2 aliphatic rings. The van der Waals surface area contributed by atoms with E-state index in [1.54, 1.807) is 23.8 Å². The zero-order valence-corrected chi connectivity index (χ0v) is 28.1. The number of piperidine rings is 1. The number of nitrogens with zero attached hydrogens (tertiary/aromatic N) is 2. The average molecular weight is 609 g/mol. The molecule has 1 aromatic carbocycles. The Kier molecular flexibility index (Phi) is 13.6. The van der Waals surface area contributed by atoms with Crippen LogP contribution < -0.4 is 10.6 Å². The molecule has 2 aliphatic heterocycles. The monoisotopic (exact) mass is 608 g/mol. The molecular formula is C36H56N4O4. The molecule has 0 aliphatic carbocycles. The van der Waals surface area contributed by atoms with Gasteiger partial charge >= 0.3 is 0 Å². The maximum atomic E-state index is 13.8. The number of carbonyl (C=O) groups excluding carboxylic acids is 4. The van der Waals surface area contributed by atoms with Crippen molar-refractivity contribution in [2.75, 3.05) is 20.1 Å². The predicted octanol–water partition coefficient (Wildman–Crippen LogP) is 5.23. The molecule has 244 valence electrons. The van der Waals surface area contributed by atoms with Gasteiger partial charge in [0.25, 0.3) is 0 Å². The summed E-state index contributed by atoms with van der Waals surface area (Å²) >= 11 is 0. The van der Waals surface area contributed by atoms with E-state index in [1.807, 2.05) is 52.0 Å². The highest BCUT2D eigenvalue weighted by atomic mass is 16.2. The number of amides is 3. The number of rotatable bonds is 14. The van der Waals surface area contributed by atoms with Gasteiger partial charge in [-0.2, -0.15) is 0 Å². The fraction of sp³-hybridized carbons (Fsp3) is 0.667. The Bertz CT molecular complexity index is 1140. The van der Waals surface area contributed by atoms with Gasteiger partial charge in [0.15, 0.2) is 5.78 Å². The van der Waals surface area contributed by atoms with E-state index in [4.69, 9.17) is 0 Å². The number of benzene rings is 1. The highest BCUT2D eigenvalue weighted by molar-refractivity contribution is 5.98. The number of hydrogen-bond donors (Lipinski definition) is 2. The molecule has 3 rings (SSSR count). The zero-order valence-electron chi connectivity index (χ0n) is 28.1. The van der Waals surface area contributed by atoms with Crippen LogP contribution in [-0.4, -0.2) is 77.6 Å². The second-order valence-corrected chi connectivity index (χ2v) is 13.5. The summed E-state index contributed by atoms with van der Waals surface area (Å²) in [5, 5.41) is 6.27. The van der Waals surface area contributed by atoms with Crippen LogP contribution in [0.15, 0.2) is 42.0 Å². The van der Waals surface area contributed by atoms with Gasteiger partial charge in [-0.15, -0.1) is 0 Å². The Morgan fingerprint density at radius 1 is 1.02 bits per heavy atom. The summed E-state index contributed by atoms with van der Waals surface area (Å²) < 4.78 is 0. The third-order valence-corrected chi connectivity index (χ3v) is 9.33. The molecule has 5 atom stereocenters. The third-order valence-electron chi connectivity index (χ3n) is 9.33. The first-order chi connectivity index (χ1) is 21.0. The van der Waals surface area contributed by atoms with Gasteiger partial charge < -0.3 is 20.4 Å². The summed E-state index contributed by atoms with van der Waals surface area (Å²) in [4.78, 5) is 57.6. The van der Waals surface area contributed by atoms with E-state index in [0.717, 1.165) is 45.1 Å². The van der Waals surface area contributed by atoms with Gasteiger partial charge in [-0.3, -0.25) is 19.2 Å². The molecule has 2 saturated heterocycles. The van der Waals surface area contributed by atoms with Crippen molar-refractivity contribution in [3.63, 3.8) is 0 Å². The molecule has 0 radical (unpaired) electrons. The van der Waals surface area contributed by atoms with Crippen LogP contribution in [0.4, 0.5) is 0 Å². The minimum atomic E-state index is -0.664. The molecule has 0 bridgehead atoms. The topological polar surface area (TPSA) is 98.8 Å². The van der Waals surface area contributed by atoms with Crippen molar-refractivity contribution < 1.29 is 19.2 Å². The van der Waals surface area contributed by atoms with E-state index in [2.05, 4.69) is 29.7 Å². The molecule has 2 N–H and O–H groups in total. The van der Waals surface area contributed by atoms with Crippen LogP contribution in [0.1, 0.15) is 104 Å². The minimum absolute atomic E-state index is 0.0342. The van der Waals surface area contributed by atoms with Crippen LogP contribution in [0.5, 0.6) is 0 Å². The zero-order chi connectivity index (χ0) is 32.4. The molecule has 8 nitrogen and oxygen atoms in total. The second kappa shape index (κ2) is 16.9. The highest BCUT2D eigenvalue weighted by Crippen LogP contribution is 2.29. The van der Waals surface area contributed by atoms with Crippen molar-refractivity contribution in [3.8, 4) is 0 Å². The summed E-state index contributed by atoms with van der Waals surface area (Å²) in [5.41, 5.74) is 1.71. The molecule has 0 saturated carbocycles. The Hall–Kier alpha value is -3.00. The molecule has 2 fully saturated rings. The molecule has 44 heavy (non-hydrogen) atoms. The SMILES string of the molecule is CCCC(CC(=O)[C@@H]1CCCN1C(=O)/C(C)=C/C(C(C)C)N(C)C(=O)C(NC(=O)C1CCCCN1)C(C)C)c1ccccc1. The largest absolute Gasteiger partial charge is 0.343 e. The van der Waals surface area contributed by atoms with Gasteiger partial charge in [-0.1, -0.05) is 83.9 Å². The summed E-state index contributed by atoms with van der Waals surface area (Å²) in [6.45, 7) is 13.2. The minimum Gasteiger partial charge on any atom is -0.343 e. The van der Waals surface area contributed by atoms with E-state index in [9.17, 15) is 19.2 Å². The van der Waals surface area contributed by atoms with Gasteiger partial charge in [0.2, 0.25) is 17.7 Å². The molecule has 0 spiro atoms. The van der Waals surface area contributed by atoms with E-state index >= 15 is 0 Å². The normalized spacial score (nSPS) is 21.2. The van der Waals surface area contributed by atoms with Gasteiger partial charge in [0.05, 0.1) is 18.1 Å². The number of nitrogens with one attached hydrogen (secondary N) is 2. The van der Waals surface area contributed by atoms with Crippen LogP contribution in [0.3, 0.4) is 0 Å². The van der Waals surface area contributed by atoms with Crippen LogP contribution in [0.25, 0.3) is 0 Å². The lowest BCUT2D eigenvalue weighted by molar-refractivity contribution is -0.139. The van der Waals surface area contributed by atoms with Crippen LogP contribution in [0, 0.1) is 11.8 Å². The fourth-order valence-electron chi connectivity index (χ4n) is 6.70. The first-order valence-electron chi connectivity index (χ1n) is 16.8. The molecule has 1 aromatic rings. The summed E-state index contributed by atoms with van der Waals surface area (Å²) in [7, 11) is 1.75. The van der Waals surface area contributed by atoms with Gasteiger partial charge in [-0.25, -0.2) is 0 Å². The number of carbonyl (C=O) groups is 4. The molecule has 2 heterocycles. The van der Waals surface area contributed by atoms with E-state index in [-0.39, 0.29) is 53.3 Å². The van der Waals surface area contributed by atoms with Crippen molar-refractivity contribution in [1.29, 1.82) is 0 Å². The van der Waals surface area contributed by atoms with E-state index in [0.29, 0.717) is 25.0 Å². The third kappa shape index (κ3) is 9.26. The lowest BCUT2D eigenvalue weighted by atomic mass is 9.87. The lowest BCUT2D eigenvalue weighted by Gasteiger charge is -2.35. The fourth-order valence-corrected chi connectivity index (χ4v) is 6.70. The highest BCUT2D eigenvalue weighted by Gasteiger charge is 2.37. The Morgan fingerprint density at radius 3 is 2.32 bits per heavy atom. The number of hydrogen-bond acceptors (Lipinski definition) is 5. The number of Topliss-reactive ketones (excluding diaryl/α,β-unsaturated/α-hetero) is 1. The Morgan fingerprint density at radius 2 is 1.73 bits per heavy atom. The summed E-state index contributed by atoms with van der Waals surface area (Å²) in [5.74, 6) is -0.232. The Labute approximate surface area is 265 Å². The molecule has 8 heteroatoms. The van der Waals surface area contributed by atoms with Crippen LogP contribution >= 0.6 is 0 Å². The van der Waals surface area contributed by atoms with Crippen molar-refractivity contribution >= 4 is 23.5 Å². The van der Waals surface area contributed by atoms with Gasteiger partial charge in [0, 0.05) is 25.6 Å². The van der Waals surface area contributed by atoms with E-state index in [1.165, 1.54) is 5.56 Å². The van der Waals surface area contributed by atoms with Crippen LogP contribution in [-0.2, 0) is 19.2 Å². The van der Waals surface area contributed by atoms with Crippen molar-refractivity contribution in [1.82, 2.24) is 20.4 Å². The summed E-state index contributed by atoms with van der Waals surface area (Å²) in [6.07, 6.45) is 8.53. The lowest BCUT2D eigenvalue weighted by Crippen LogP contribution is -2.57. The van der Waals surface area contributed by atoms with Gasteiger partial charge in [0.1, 0.15) is 6.04 Å². The summed E-state index contributed by atoms with van der Waals surface area (Å²) in [6, 6.07) is 8.49. The van der Waals surface area contributed by atoms with Crippen molar-refractivity contribution in [2.45, 2.75) is 123 Å². The number of likely N-dealkylation sites (tertiary alicyclic amines) is 1. The average Bonchev–Trinajstić information content (AvgIpc) is 3.52. The van der Waals surface area contributed by atoms with Crippen molar-refractivity contribution in [3.05, 3.63) is 47.5 Å². The van der Waals surface area contributed by atoms with Gasteiger partial charge in [-0.05, 0) is 68.9 Å².